The molecular weight excluding hydrogens is 248 g/mol. The monoisotopic (exact) mass is 264 g/mol. The molecule has 2 aromatic heterocycles. The van der Waals surface area contributed by atoms with E-state index < -0.39 is 0 Å². The Balaban J connectivity index is 2.00. The zero-order valence-electron chi connectivity index (χ0n) is 10.9. The summed E-state index contributed by atoms with van der Waals surface area (Å²) < 4.78 is 4.80. The number of carbonyl (C=O) groups is 1. The molecule has 1 amide bonds. The smallest absolute Gasteiger partial charge is 0.274 e. The van der Waals surface area contributed by atoms with Crippen LogP contribution in [0.3, 0.4) is 0 Å². The van der Waals surface area contributed by atoms with Crippen LogP contribution in [0.2, 0.25) is 0 Å². The number of hydrogen-bond acceptors (Lipinski definition) is 6. The number of aryl methyl sites for hydroxylation is 2. The lowest BCUT2D eigenvalue weighted by Crippen LogP contribution is -2.24. The summed E-state index contributed by atoms with van der Waals surface area (Å²) in [5.74, 6) is 0.501. The summed E-state index contributed by atoms with van der Waals surface area (Å²) in [4.78, 5) is 15.9. The van der Waals surface area contributed by atoms with Gasteiger partial charge < -0.3 is 15.6 Å². The number of aromatic amines is 1. The maximum Gasteiger partial charge on any atom is 0.274 e. The van der Waals surface area contributed by atoms with Crippen LogP contribution in [0.4, 0.5) is 5.69 Å². The van der Waals surface area contributed by atoms with Crippen molar-refractivity contribution < 1.29 is 9.32 Å². The lowest BCUT2D eigenvalue weighted by Gasteiger charge is -2.00. The minimum atomic E-state index is -0.362. The zero-order valence-corrected chi connectivity index (χ0v) is 10.9. The standard InChI is InChI=1S/C11H16N6O2/c1-3-4-7-9(12)10(16-15-7)11(18)13-5-8-14-6(2)19-17-8/h3-5,12H2,1-2H3,(H,13,18)(H,15,16). The summed E-state index contributed by atoms with van der Waals surface area (Å²) in [6.07, 6.45) is 1.69. The number of nitrogen functional groups attached to an aromatic ring is 1. The molecule has 2 rings (SSSR count). The van der Waals surface area contributed by atoms with E-state index in [0.717, 1.165) is 18.5 Å². The Morgan fingerprint density at radius 2 is 2.32 bits per heavy atom. The number of nitrogens with zero attached hydrogens (tertiary/aromatic N) is 3. The fourth-order valence-corrected chi connectivity index (χ4v) is 1.66. The molecule has 0 aliphatic carbocycles. The van der Waals surface area contributed by atoms with Gasteiger partial charge in [-0.25, -0.2) is 0 Å². The number of anilines is 1. The van der Waals surface area contributed by atoms with Crippen molar-refractivity contribution in [3.05, 3.63) is 23.1 Å². The summed E-state index contributed by atoms with van der Waals surface area (Å²) in [7, 11) is 0. The maximum absolute atomic E-state index is 11.9. The van der Waals surface area contributed by atoms with E-state index in [4.69, 9.17) is 10.3 Å². The Kier molecular flexibility index (Phi) is 3.79. The molecule has 102 valence electrons. The first-order valence-electron chi connectivity index (χ1n) is 6.02. The topological polar surface area (TPSA) is 123 Å². The van der Waals surface area contributed by atoms with Gasteiger partial charge in [-0.1, -0.05) is 18.5 Å². The van der Waals surface area contributed by atoms with Crippen LogP contribution in [-0.4, -0.2) is 26.2 Å². The molecule has 0 radical (unpaired) electrons. The van der Waals surface area contributed by atoms with Crippen LogP contribution in [-0.2, 0) is 13.0 Å². The van der Waals surface area contributed by atoms with Crippen LogP contribution in [0.1, 0.15) is 41.2 Å². The van der Waals surface area contributed by atoms with Gasteiger partial charge in [-0.15, -0.1) is 0 Å². The van der Waals surface area contributed by atoms with Crippen molar-refractivity contribution in [1.82, 2.24) is 25.7 Å². The van der Waals surface area contributed by atoms with Gasteiger partial charge in [0.15, 0.2) is 11.5 Å². The molecule has 8 nitrogen and oxygen atoms in total. The quantitative estimate of drug-likeness (QED) is 0.725. The molecule has 2 aromatic rings. The average molecular weight is 264 g/mol. The molecule has 0 atom stereocenters. The first kappa shape index (κ1) is 13.1. The first-order chi connectivity index (χ1) is 9.11. The number of H-pyrrole nitrogens is 1. The van der Waals surface area contributed by atoms with Gasteiger partial charge in [0, 0.05) is 6.92 Å². The second-order valence-electron chi connectivity index (χ2n) is 4.13. The predicted molar refractivity (Wildman–Crippen MR) is 67.2 cm³/mol. The third kappa shape index (κ3) is 2.90. The Labute approximate surface area is 109 Å². The molecule has 0 saturated heterocycles. The van der Waals surface area contributed by atoms with E-state index in [1.807, 2.05) is 6.92 Å². The van der Waals surface area contributed by atoms with Gasteiger partial charge in [0.1, 0.15) is 0 Å². The summed E-state index contributed by atoms with van der Waals surface area (Å²) in [5, 5.41) is 13.0. The van der Waals surface area contributed by atoms with Gasteiger partial charge in [0.05, 0.1) is 17.9 Å². The highest BCUT2D eigenvalue weighted by molar-refractivity contribution is 5.97. The van der Waals surface area contributed by atoms with Crippen molar-refractivity contribution in [2.75, 3.05) is 5.73 Å². The summed E-state index contributed by atoms with van der Waals surface area (Å²) in [6.45, 7) is 3.88. The van der Waals surface area contributed by atoms with E-state index in [9.17, 15) is 4.79 Å². The Hall–Kier alpha value is -2.38. The molecule has 0 saturated carbocycles. The van der Waals surface area contributed by atoms with Gasteiger partial charge >= 0.3 is 0 Å². The van der Waals surface area contributed by atoms with Crippen LogP contribution in [0.25, 0.3) is 0 Å². The predicted octanol–water partition coefficient (Wildman–Crippen LogP) is 0.566. The molecule has 8 heteroatoms. The second kappa shape index (κ2) is 5.51. The molecule has 2 heterocycles. The Morgan fingerprint density at radius 3 is 2.95 bits per heavy atom. The number of rotatable bonds is 5. The van der Waals surface area contributed by atoms with Crippen molar-refractivity contribution in [1.29, 1.82) is 0 Å². The summed E-state index contributed by atoms with van der Waals surface area (Å²) in [6, 6.07) is 0. The van der Waals surface area contributed by atoms with Crippen LogP contribution in [0, 0.1) is 6.92 Å². The fourth-order valence-electron chi connectivity index (χ4n) is 1.66. The van der Waals surface area contributed by atoms with Crippen molar-refractivity contribution in [3.8, 4) is 0 Å². The number of carbonyl (C=O) groups excluding carboxylic acids is 1. The lowest BCUT2D eigenvalue weighted by molar-refractivity contribution is 0.0945. The highest BCUT2D eigenvalue weighted by Gasteiger charge is 2.17. The van der Waals surface area contributed by atoms with Gasteiger partial charge in [0.25, 0.3) is 5.91 Å². The van der Waals surface area contributed by atoms with Gasteiger partial charge in [-0.3, -0.25) is 9.89 Å². The summed E-state index contributed by atoms with van der Waals surface area (Å²) >= 11 is 0. The lowest BCUT2D eigenvalue weighted by atomic mass is 10.2. The molecule has 0 bridgehead atoms. The highest BCUT2D eigenvalue weighted by Crippen LogP contribution is 2.15. The minimum Gasteiger partial charge on any atom is -0.395 e. The molecule has 0 aromatic carbocycles. The van der Waals surface area contributed by atoms with E-state index in [1.165, 1.54) is 0 Å². The Bertz CT molecular complexity index is 574. The SMILES string of the molecule is CCCc1[nH]nc(C(=O)NCc2noc(C)n2)c1N. The number of nitrogens with one attached hydrogen (secondary N) is 2. The van der Waals surface area contributed by atoms with E-state index in [0.29, 0.717) is 17.4 Å². The molecule has 4 N–H and O–H groups in total. The van der Waals surface area contributed by atoms with Crippen LogP contribution in [0.5, 0.6) is 0 Å². The molecule has 0 aliphatic rings. The van der Waals surface area contributed by atoms with E-state index in [1.54, 1.807) is 6.92 Å². The number of nitrogens with two attached hydrogens (primary N) is 1. The van der Waals surface area contributed by atoms with Crippen molar-refractivity contribution >= 4 is 11.6 Å². The number of hydrogen-bond donors (Lipinski definition) is 3. The van der Waals surface area contributed by atoms with Crippen LogP contribution >= 0.6 is 0 Å². The van der Waals surface area contributed by atoms with Gasteiger partial charge in [-0.05, 0) is 6.42 Å². The fraction of sp³-hybridized carbons (Fsp3) is 0.455. The third-order valence-corrected chi connectivity index (χ3v) is 2.57. The largest absolute Gasteiger partial charge is 0.395 e. The molecule has 0 unspecified atom stereocenters. The third-order valence-electron chi connectivity index (χ3n) is 2.57. The average Bonchev–Trinajstić information content (AvgIpc) is 2.95. The van der Waals surface area contributed by atoms with Crippen molar-refractivity contribution in [3.63, 3.8) is 0 Å². The Morgan fingerprint density at radius 1 is 1.53 bits per heavy atom. The first-order valence-corrected chi connectivity index (χ1v) is 6.02. The molecule has 0 spiro atoms. The van der Waals surface area contributed by atoms with Gasteiger partial charge in [-0.2, -0.15) is 10.1 Å². The molecule has 0 fully saturated rings. The molecule has 19 heavy (non-hydrogen) atoms. The maximum atomic E-state index is 11.9. The number of aromatic nitrogens is 4. The summed E-state index contributed by atoms with van der Waals surface area (Å²) in [5.41, 5.74) is 7.23. The van der Waals surface area contributed by atoms with Crippen molar-refractivity contribution in [2.45, 2.75) is 33.2 Å². The molecular formula is C11H16N6O2. The normalized spacial score (nSPS) is 10.6. The van der Waals surface area contributed by atoms with E-state index in [2.05, 4.69) is 25.7 Å². The highest BCUT2D eigenvalue weighted by atomic mass is 16.5. The van der Waals surface area contributed by atoms with E-state index in [-0.39, 0.29) is 18.1 Å². The van der Waals surface area contributed by atoms with Gasteiger partial charge in [0.2, 0.25) is 5.89 Å². The number of amides is 1. The van der Waals surface area contributed by atoms with Crippen LogP contribution < -0.4 is 11.1 Å². The molecule has 0 aliphatic heterocycles. The van der Waals surface area contributed by atoms with Crippen LogP contribution in [0.15, 0.2) is 4.52 Å². The minimum absolute atomic E-state index is 0.172. The second-order valence-corrected chi connectivity index (χ2v) is 4.13. The van der Waals surface area contributed by atoms with Crippen molar-refractivity contribution in [2.24, 2.45) is 0 Å². The van der Waals surface area contributed by atoms with E-state index >= 15 is 0 Å². The zero-order chi connectivity index (χ0) is 13.8.